The van der Waals surface area contributed by atoms with Gasteiger partial charge in [-0.1, -0.05) is 84.9 Å². The van der Waals surface area contributed by atoms with Crippen LogP contribution in [0.1, 0.15) is 15.9 Å². The average molecular weight is 574 g/mol. The molecule has 0 saturated carbocycles. The number of anilines is 1. The summed E-state index contributed by atoms with van der Waals surface area (Å²) in [5, 5.41) is 3.55. The minimum absolute atomic E-state index is 0.424. The molecule has 0 bridgehead atoms. The van der Waals surface area contributed by atoms with Crippen molar-refractivity contribution in [3.8, 4) is 28.1 Å². The van der Waals surface area contributed by atoms with E-state index in [1.165, 1.54) is 0 Å². The molecule has 0 atom stereocenters. The van der Waals surface area contributed by atoms with Crippen LogP contribution in [-0.4, -0.2) is 15.4 Å². The zero-order valence-electron chi connectivity index (χ0n) is 20.9. The molecule has 0 aliphatic rings. The number of para-hydroxylation sites is 1. The highest BCUT2D eigenvalue weighted by Gasteiger charge is 2.20. The molecule has 2 aromatic heterocycles. The molecule has 39 heavy (non-hydrogen) atoms. The number of fused-ring (bicyclic) bond motifs is 1. The summed E-state index contributed by atoms with van der Waals surface area (Å²) < 4.78 is 8.88. The van der Waals surface area contributed by atoms with Gasteiger partial charge in [-0.15, -0.1) is 0 Å². The van der Waals surface area contributed by atoms with Gasteiger partial charge in [-0.25, -0.2) is 9.78 Å². The molecule has 2 heterocycles. The summed E-state index contributed by atoms with van der Waals surface area (Å²) in [7, 11) is 0. The first-order valence-corrected chi connectivity index (χ1v) is 13.4. The Labute approximate surface area is 234 Å². The average Bonchev–Trinajstić information content (AvgIpc) is 3.34. The Hall–Kier alpha value is -4.68. The van der Waals surface area contributed by atoms with Crippen molar-refractivity contribution >= 4 is 33.4 Å². The van der Waals surface area contributed by atoms with E-state index in [1.807, 2.05) is 102 Å². The van der Waals surface area contributed by atoms with Gasteiger partial charge in [-0.05, 0) is 69.0 Å². The van der Waals surface area contributed by atoms with Crippen molar-refractivity contribution in [1.29, 1.82) is 0 Å². The molecule has 0 aliphatic heterocycles. The number of hydrogen-bond donors (Lipinski definition) is 1. The number of ether oxygens (including phenoxy) is 1. The van der Waals surface area contributed by atoms with Gasteiger partial charge in [0.15, 0.2) is 0 Å². The number of imidazole rings is 1. The third kappa shape index (κ3) is 5.33. The second-order valence-electron chi connectivity index (χ2n) is 9.05. The van der Waals surface area contributed by atoms with Crippen LogP contribution in [0.25, 0.3) is 28.0 Å². The van der Waals surface area contributed by atoms with Crippen molar-refractivity contribution in [3.63, 3.8) is 0 Å². The van der Waals surface area contributed by atoms with Crippen molar-refractivity contribution in [2.24, 2.45) is 0 Å². The predicted molar refractivity (Wildman–Crippen MR) is 159 cm³/mol. The van der Waals surface area contributed by atoms with Crippen molar-refractivity contribution < 1.29 is 9.53 Å². The molecule has 0 saturated heterocycles. The van der Waals surface area contributed by atoms with Gasteiger partial charge in [-0.2, -0.15) is 0 Å². The number of carbonyl (C=O) groups excluding carboxylic acids is 1. The molecule has 6 rings (SSSR count). The number of benzene rings is 4. The highest BCUT2D eigenvalue weighted by Crippen LogP contribution is 2.36. The standard InChI is InChI=1S/C33H24BrN3O2/c34-27-19-20-30-36-31(32(37(30)22-27)35-21-23-9-3-1-4-10-23)28-13-7-8-14-29(28)39-33(38)26-17-15-25(16-18-26)24-11-5-2-6-12-24/h1-20,22,35H,21H2. The van der Waals surface area contributed by atoms with Gasteiger partial charge in [-0.3, -0.25) is 4.40 Å². The normalized spacial score (nSPS) is 10.9. The van der Waals surface area contributed by atoms with Crippen LogP contribution < -0.4 is 10.1 Å². The molecule has 5 nitrogen and oxygen atoms in total. The van der Waals surface area contributed by atoms with Crippen LogP contribution >= 0.6 is 15.9 Å². The van der Waals surface area contributed by atoms with E-state index in [-0.39, 0.29) is 0 Å². The molecule has 0 unspecified atom stereocenters. The van der Waals surface area contributed by atoms with E-state index in [0.29, 0.717) is 23.6 Å². The molecule has 0 spiro atoms. The molecule has 190 valence electrons. The zero-order valence-corrected chi connectivity index (χ0v) is 22.5. The second-order valence-corrected chi connectivity index (χ2v) is 9.97. The fraction of sp³-hybridized carbons (Fsp3) is 0.0303. The van der Waals surface area contributed by atoms with Crippen molar-refractivity contribution in [2.45, 2.75) is 6.54 Å². The number of halogens is 1. The summed E-state index contributed by atoms with van der Waals surface area (Å²) in [6.45, 7) is 0.615. The van der Waals surface area contributed by atoms with Crippen LogP contribution in [0.15, 0.2) is 132 Å². The third-order valence-electron chi connectivity index (χ3n) is 6.46. The minimum atomic E-state index is -0.424. The fourth-order valence-corrected chi connectivity index (χ4v) is 4.83. The lowest BCUT2D eigenvalue weighted by Crippen LogP contribution is -2.09. The SMILES string of the molecule is O=C(Oc1ccccc1-c1nc2ccc(Br)cn2c1NCc1ccccc1)c1ccc(-c2ccccc2)cc1. The maximum absolute atomic E-state index is 13.2. The van der Waals surface area contributed by atoms with Crippen LogP contribution in [0.2, 0.25) is 0 Å². The van der Waals surface area contributed by atoms with Gasteiger partial charge in [0.25, 0.3) is 0 Å². The predicted octanol–water partition coefficient (Wildman–Crippen LogP) is 8.26. The molecular weight excluding hydrogens is 550 g/mol. The lowest BCUT2D eigenvalue weighted by Gasteiger charge is -2.12. The van der Waals surface area contributed by atoms with E-state index in [1.54, 1.807) is 18.2 Å². The maximum Gasteiger partial charge on any atom is 0.343 e. The zero-order chi connectivity index (χ0) is 26.6. The number of nitrogens with zero attached hydrogens (tertiary/aromatic N) is 2. The number of nitrogens with one attached hydrogen (secondary N) is 1. The Balaban J connectivity index is 1.32. The van der Waals surface area contributed by atoms with Gasteiger partial charge in [0, 0.05) is 22.8 Å². The first kappa shape index (κ1) is 24.6. The van der Waals surface area contributed by atoms with Gasteiger partial charge >= 0.3 is 5.97 Å². The summed E-state index contributed by atoms with van der Waals surface area (Å²) in [4.78, 5) is 18.1. The van der Waals surface area contributed by atoms with Crippen molar-refractivity contribution in [2.75, 3.05) is 5.32 Å². The molecule has 6 heteroatoms. The maximum atomic E-state index is 13.2. The van der Waals surface area contributed by atoms with Gasteiger partial charge in [0.1, 0.15) is 22.9 Å². The minimum Gasteiger partial charge on any atom is -0.422 e. The molecule has 1 N–H and O–H groups in total. The monoisotopic (exact) mass is 573 g/mol. The van der Waals surface area contributed by atoms with E-state index in [9.17, 15) is 4.79 Å². The summed E-state index contributed by atoms with van der Waals surface area (Å²) >= 11 is 3.58. The first-order chi connectivity index (χ1) is 19.2. The number of pyridine rings is 1. The Kier molecular flexibility index (Phi) is 6.93. The largest absolute Gasteiger partial charge is 0.422 e. The van der Waals surface area contributed by atoms with Crippen molar-refractivity contribution in [3.05, 3.63) is 143 Å². The van der Waals surface area contributed by atoms with E-state index in [0.717, 1.165) is 38.2 Å². The first-order valence-electron chi connectivity index (χ1n) is 12.6. The van der Waals surface area contributed by atoms with Gasteiger partial charge in [0.05, 0.1) is 5.56 Å². The lowest BCUT2D eigenvalue weighted by atomic mass is 10.0. The second kappa shape index (κ2) is 11.0. The quantitative estimate of drug-likeness (QED) is 0.154. The molecule has 0 aliphatic carbocycles. The molecule has 6 aromatic rings. The Bertz CT molecular complexity index is 1750. The number of rotatable bonds is 7. The van der Waals surface area contributed by atoms with E-state index >= 15 is 0 Å². The number of hydrogen-bond acceptors (Lipinski definition) is 4. The van der Waals surface area contributed by atoms with Crippen LogP contribution in [-0.2, 0) is 6.54 Å². The van der Waals surface area contributed by atoms with Crippen molar-refractivity contribution in [1.82, 2.24) is 9.38 Å². The summed E-state index contributed by atoms with van der Waals surface area (Å²) in [6, 6.07) is 39.1. The van der Waals surface area contributed by atoms with Crippen LogP contribution in [0.3, 0.4) is 0 Å². The number of aromatic nitrogens is 2. The van der Waals surface area contributed by atoms with E-state index in [2.05, 4.69) is 33.4 Å². The molecule has 4 aromatic carbocycles. The molecule has 0 amide bonds. The van der Waals surface area contributed by atoms with Crippen LogP contribution in [0, 0.1) is 0 Å². The smallest absolute Gasteiger partial charge is 0.343 e. The molecule has 0 radical (unpaired) electrons. The summed E-state index contributed by atoms with van der Waals surface area (Å²) in [6.07, 6.45) is 1.97. The Morgan fingerprint density at radius 1 is 0.769 bits per heavy atom. The number of esters is 1. The van der Waals surface area contributed by atoms with Crippen LogP contribution in [0.5, 0.6) is 5.75 Å². The molecular formula is C33H24BrN3O2. The third-order valence-corrected chi connectivity index (χ3v) is 6.93. The lowest BCUT2D eigenvalue weighted by molar-refractivity contribution is 0.0735. The highest BCUT2D eigenvalue weighted by molar-refractivity contribution is 9.10. The fourth-order valence-electron chi connectivity index (χ4n) is 4.50. The molecule has 0 fully saturated rings. The topological polar surface area (TPSA) is 55.6 Å². The number of carbonyl (C=O) groups is 1. The Morgan fingerprint density at radius 3 is 2.21 bits per heavy atom. The van der Waals surface area contributed by atoms with E-state index in [4.69, 9.17) is 9.72 Å². The van der Waals surface area contributed by atoms with Crippen LogP contribution in [0.4, 0.5) is 5.82 Å². The van der Waals surface area contributed by atoms with E-state index < -0.39 is 5.97 Å². The highest BCUT2D eigenvalue weighted by atomic mass is 79.9. The van der Waals surface area contributed by atoms with Gasteiger partial charge in [0.2, 0.25) is 0 Å². The summed E-state index contributed by atoms with van der Waals surface area (Å²) in [5.74, 6) is 0.832. The van der Waals surface area contributed by atoms with Gasteiger partial charge < -0.3 is 10.1 Å². The summed E-state index contributed by atoms with van der Waals surface area (Å²) in [5.41, 5.74) is 5.96. The Morgan fingerprint density at radius 2 is 1.44 bits per heavy atom.